The molecule has 20 heavy (non-hydrogen) atoms. The number of aryl methyl sites for hydroxylation is 1. The highest BCUT2D eigenvalue weighted by atomic mass is 32.1. The fourth-order valence-electron chi connectivity index (χ4n) is 1.87. The van der Waals surface area contributed by atoms with E-state index in [1.807, 2.05) is 0 Å². The molecule has 0 aromatic carbocycles. The van der Waals surface area contributed by atoms with Gasteiger partial charge in [0.25, 0.3) is 0 Å². The van der Waals surface area contributed by atoms with E-state index in [4.69, 9.17) is 4.74 Å². The van der Waals surface area contributed by atoms with E-state index in [0.717, 1.165) is 43.0 Å². The number of rotatable bonds is 9. The van der Waals surface area contributed by atoms with Crippen LogP contribution in [0.25, 0.3) is 0 Å². The van der Waals surface area contributed by atoms with Crippen molar-refractivity contribution in [2.45, 2.75) is 46.2 Å². The van der Waals surface area contributed by atoms with E-state index in [1.54, 1.807) is 11.3 Å². The predicted octanol–water partition coefficient (Wildman–Crippen LogP) is 2.81. The molecular formula is C15H27N3OS. The van der Waals surface area contributed by atoms with Gasteiger partial charge in [-0.15, -0.1) is 11.3 Å². The maximum absolute atomic E-state index is 5.69. The second kappa shape index (κ2) is 7.38. The van der Waals surface area contributed by atoms with E-state index < -0.39 is 0 Å². The Labute approximate surface area is 126 Å². The maximum atomic E-state index is 5.69. The first-order valence-electron chi connectivity index (χ1n) is 7.55. The van der Waals surface area contributed by atoms with E-state index in [1.165, 1.54) is 17.7 Å². The van der Waals surface area contributed by atoms with Gasteiger partial charge in [0.2, 0.25) is 0 Å². The fraction of sp³-hybridized carbons (Fsp3) is 0.800. The van der Waals surface area contributed by atoms with Crippen molar-refractivity contribution in [3.8, 4) is 0 Å². The Balaban J connectivity index is 1.76. The van der Waals surface area contributed by atoms with Gasteiger partial charge in [-0.3, -0.25) is 0 Å². The van der Waals surface area contributed by atoms with Gasteiger partial charge < -0.3 is 15.0 Å². The minimum Gasteiger partial charge on any atom is -0.379 e. The number of likely N-dealkylation sites (N-methyl/N-ethyl adjacent to an activating group) is 1. The summed E-state index contributed by atoms with van der Waals surface area (Å²) in [5.41, 5.74) is 1.14. The average molecular weight is 297 g/mol. The Hall–Kier alpha value is -0.650. The first-order valence-corrected chi connectivity index (χ1v) is 8.36. The third-order valence-electron chi connectivity index (χ3n) is 3.50. The normalized spacial score (nSPS) is 15.1. The fourth-order valence-corrected chi connectivity index (χ4v) is 2.87. The van der Waals surface area contributed by atoms with Crippen LogP contribution in [0.5, 0.6) is 0 Å². The lowest BCUT2D eigenvalue weighted by molar-refractivity contribution is 0.131. The lowest BCUT2D eigenvalue weighted by atomic mass is 10.3. The zero-order valence-corrected chi connectivity index (χ0v) is 13.9. The molecule has 114 valence electrons. The molecule has 1 aliphatic rings. The number of thiazole rings is 1. The van der Waals surface area contributed by atoms with Crippen molar-refractivity contribution >= 4 is 16.5 Å². The Kier molecular flexibility index (Phi) is 5.81. The lowest BCUT2D eigenvalue weighted by Gasteiger charge is -2.15. The lowest BCUT2D eigenvalue weighted by Crippen LogP contribution is -2.22. The van der Waals surface area contributed by atoms with Crippen LogP contribution in [0.15, 0.2) is 0 Å². The van der Waals surface area contributed by atoms with Gasteiger partial charge in [0.1, 0.15) is 0 Å². The van der Waals surface area contributed by atoms with Crippen molar-refractivity contribution in [3.63, 3.8) is 0 Å². The zero-order valence-electron chi connectivity index (χ0n) is 13.1. The Morgan fingerprint density at radius 1 is 1.45 bits per heavy atom. The van der Waals surface area contributed by atoms with Crippen LogP contribution in [0, 0.1) is 12.8 Å². The van der Waals surface area contributed by atoms with Gasteiger partial charge in [0.05, 0.1) is 12.3 Å². The summed E-state index contributed by atoms with van der Waals surface area (Å²) in [5.74, 6) is 0.844. The quantitative estimate of drug-likeness (QED) is 0.711. The van der Waals surface area contributed by atoms with Crippen LogP contribution in [-0.4, -0.2) is 37.8 Å². The summed E-state index contributed by atoms with van der Waals surface area (Å²) in [6.45, 7) is 9.99. The second-order valence-corrected chi connectivity index (χ2v) is 7.04. The summed E-state index contributed by atoms with van der Waals surface area (Å²) in [6, 6.07) is 0.508. The molecule has 1 fully saturated rings. The average Bonchev–Trinajstić information content (AvgIpc) is 3.14. The smallest absolute Gasteiger partial charge is 0.185 e. The van der Waals surface area contributed by atoms with E-state index in [2.05, 4.69) is 43.0 Å². The Bertz CT molecular complexity index is 415. The summed E-state index contributed by atoms with van der Waals surface area (Å²) in [5, 5.41) is 4.55. The second-order valence-electron chi connectivity index (χ2n) is 5.98. The van der Waals surface area contributed by atoms with Crippen molar-refractivity contribution in [2.24, 2.45) is 5.92 Å². The van der Waals surface area contributed by atoms with Gasteiger partial charge in [0, 0.05) is 37.7 Å². The number of hydrogen-bond donors (Lipinski definition) is 1. The molecule has 0 unspecified atom stereocenters. The maximum Gasteiger partial charge on any atom is 0.185 e. The molecule has 1 aromatic heterocycles. The highest BCUT2D eigenvalue weighted by molar-refractivity contribution is 7.15. The molecule has 1 aliphatic carbocycles. The first-order chi connectivity index (χ1) is 9.56. The highest BCUT2D eigenvalue weighted by Gasteiger charge is 2.21. The molecule has 1 aromatic rings. The van der Waals surface area contributed by atoms with Crippen LogP contribution in [0.1, 0.15) is 37.3 Å². The summed E-state index contributed by atoms with van der Waals surface area (Å²) < 4.78 is 5.69. The van der Waals surface area contributed by atoms with E-state index in [9.17, 15) is 0 Å². The minimum absolute atomic E-state index is 0.508. The van der Waals surface area contributed by atoms with Crippen molar-refractivity contribution in [1.29, 1.82) is 0 Å². The summed E-state index contributed by atoms with van der Waals surface area (Å²) in [6.07, 6.45) is 2.71. The van der Waals surface area contributed by atoms with Gasteiger partial charge in [-0.25, -0.2) is 4.98 Å². The molecule has 0 bridgehead atoms. The van der Waals surface area contributed by atoms with Crippen molar-refractivity contribution in [1.82, 2.24) is 10.3 Å². The van der Waals surface area contributed by atoms with Gasteiger partial charge >= 0.3 is 0 Å². The van der Waals surface area contributed by atoms with Crippen molar-refractivity contribution in [2.75, 3.05) is 31.7 Å². The topological polar surface area (TPSA) is 37.4 Å². The molecule has 4 nitrogen and oxygen atoms in total. The monoisotopic (exact) mass is 297 g/mol. The van der Waals surface area contributed by atoms with Gasteiger partial charge in [-0.05, 0) is 25.7 Å². The molecule has 0 amide bonds. The number of ether oxygens (including phenoxy) is 1. The molecule has 0 radical (unpaired) electrons. The van der Waals surface area contributed by atoms with Crippen LogP contribution in [0.2, 0.25) is 0 Å². The largest absolute Gasteiger partial charge is 0.379 e. The van der Waals surface area contributed by atoms with Crippen LogP contribution in [0.3, 0.4) is 0 Å². The number of hydrogen-bond acceptors (Lipinski definition) is 5. The molecule has 2 rings (SSSR count). The minimum atomic E-state index is 0.508. The van der Waals surface area contributed by atoms with E-state index >= 15 is 0 Å². The van der Waals surface area contributed by atoms with Gasteiger partial charge in [-0.2, -0.15) is 0 Å². The first kappa shape index (κ1) is 15.7. The molecule has 5 heteroatoms. The van der Waals surface area contributed by atoms with Gasteiger partial charge in [-0.1, -0.05) is 13.8 Å². The summed E-state index contributed by atoms with van der Waals surface area (Å²) in [4.78, 5) is 8.19. The van der Waals surface area contributed by atoms with Crippen molar-refractivity contribution < 1.29 is 4.74 Å². The SMILES string of the molecule is Cc1nc(N(C)CCOCC2CC2)sc1CNC(C)C. The number of anilines is 1. The molecule has 0 saturated heterocycles. The Morgan fingerprint density at radius 2 is 2.20 bits per heavy atom. The third kappa shape index (κ3) is 5.04. The molecule has 1 saturated carbocycles. The van der Waals surface area contributed by atoms with Crippen LogP contribution < -0.4 is 10.2 Å². The van der Waals surface area contributed by atoms with E-state index in [0.29, 0.717) is 6.04 Å². The molecule has 0 atom stereocenters. The highest BCUT2D eigenvalue weighted by Crippen LogP contribution is 2.29. The van der Waals surface area contributed by atoms with Gasteiger partial charge in [0.15, 0.2) is 5.13 Å². The zero-order chi connectivity index (χ0) is 14.5. The molecular weight excluding hydrogens is 270 g/mol. The summed E-state index contributed by atoms with van der Waals surface area (Å²) in [7, 11) is 2.10. The molecule has 1 N–H and O–H groups in total. The molecule has 0 spiro atoms. The molecule has 0 aliphatic heterocycles. The summed E-state index contributed by atoms with van der Waals surface area (Å²) >= 11 is 1.78. The van der Waals surface area contributed by atoms with Crippen LogP contribution in [0.4, 0.5) is 5.13 Å². The predicted molar refractivity (Wildman–Crippen MR) is 85.6 cm³/mol. The number of nitrogens with one attached hydrogen (secondary N) is 1. The van der Waals surface area contributed by atoms with Crippen molar-refractivity contribution in [3.05, 3.63) is 10.6 Å². The number of aromatic nitrogens is 1. The van der Waals surface area contributed by atoms with Crippen LogP contribution >= 0.6 is 11.3 Å². The standard InChI is InChI=1S/C15H27N3OS/c1-11(2)16-9-14-12(3)17-15(20-14)18(4)7-8-19-10-13-5-6-13/h11,13,16H,5-10H2,1-4H3. The number of nitrogens with zero attached hydrogens (tertiary/aromatic N) is 2. The molecule has 1 heterocycles. The Morgan fingerprint density at radius 3 is 2.85 bits per heavy atom. The third-order valence-corrected chi connectivity index (χ3v) is 4.77. The van der Waals surface area contributed by atoms with E-state index in [-0.39, 0.29) is 0 Å². The van der Waals surface area contributed by atoms with Crippen LogP contribution in [-0.2, 0) is 11.3 Å².